The number of nitrogens with one attached hydrogen (secondary N) is 1. The van der Waals surface area contributed by atoms with Gasteiger partial charge in [0.1, 0.15) is 0 Å². The topological polar surface area (TPSA) is 88.5 Å². The first-order valence-corrected chi connectivity index (χ1v) is 6.23. The largest absolute Gasteiger partial charge is 0.461 e. The van der Waals surface area contributed by atoms with E-state index >= 15 is 0 Å². The van der Waals surface area contributed by atoms with Crippen LogP contribution in [0, 0.1) is 0 Å². The minimum atomic E-state index is -0.472. The average molecular weight is 262 g/mol. The van der Waals surface area contributed by atoms with Crippen molar-refractivity contribution in [3.63, 3.8) is 0 Å². The van der Waals surface area contributed by atoms with Gasteiger partial charge in [0.15, 0.2) is 11.5 Å². The first-order valence-electron chi connectivity index (χ1n) is 6.23. The fourth-order valence-corrected chi connectivity index (χ4v) is 2.27. The third kappa shape index (κ3) is 2.39. The van der Waals surface area contributed by atoms with Crippen LogP contribution in [0.4, 0.5) is 0 Å². The summed E-state index contributed by atoms with van der Waals surface area (Å²) >= 11 is 0. The molecule has 100 valence electrons. The lowest BCUT2D eigenvalue weighted by Gasteiger charge is -2.14. The Morgan fingerprint density at radius 3 is 3.00 bits per heavy atom. The van der Waals surface area contributed by atoms with Crippen LogP contribution >= 0.6 is 0 Å². The van der Waals surface area contributed by atoms with Gasteiger partial charge in [-0.3, -0.25) is 4.79 Å². The average Bonchev–Trinajstić information content (AvgIpc) is 3.09. The zero-order valence-electron chi connectivity index (χ0n) is 10.2. The summed E-state index contributed by atoms with van der Waals surface area (Å²) in [6, 6.07) is 4.78. The molecule has 0 saturated heterocycles. The zero-order valence-corrected chi connectivity index (χ0v) is 10.2. The highest BCUT2D eigenvalue weighted by molar-refractivity contribution is 5.93. The second kappa shape index (κ2) is 4.89. The van der Waals surface area contributed by atoms with Crippen molar-refractivity contribution in [2.75, 3.05) is 0 Å². The maximum Gasteiger partial charge on any atom is 0.273 e. The standard InChI is InChI=1S/C13H14N2O4/c16-10-4-1-3-8(10)14-13(17)9-7-12(19-15-9)11-5-2-6-18-11/h2,5-8,10,16H,1,3-4H2,(H,14,17). The molecular formula is C13H14N2O4. The molecule has 2 unspecified atom stereocenters. The van der Waals surface area contributed by atoms with E-state index in [1.807, 2.05) is 0 Å². The number of amides is 1. The number of furan rings is 1. The van der Waals surface area contributed by atoms with E-state index in [2.05, 4.69) is 10.5 Å². The molecule has 3 rings (SSSR count). The molecule has 0 spiro atoms. The SMILES string of the molecule is O=C(NC1CCCC1O)c1cc(-c2ccco2)on1. The Kier molecular flexibility index (Phi) is 3.08. The highest BCUT2D eigenvalue weighted by Gasteiger charge is 2.27. The van der Waals surface area contributed by atoms with Gasteiger partial charge in [-0.1, -0.05) is 5.16 Å². The van der Waals surface area contributed by atoms with Crippen molar-refractivity contribution in [3.05, 3.63) is 30.2 Å². The Balaban J connectivity index is 1.70. The summed E-state index contributed by atoms with van der Waals surface area (Å²) in [7, 11) is 0. The third-order valence-electron chi connectivity index (χ3n) is 3.30. The van der Waals surface area contributed by atoms with Crippen LogP contribution in [0.2, 0.25) is 0 Å². The number of aromatic nitrogens is 1. The Labute approximate surface area is 109 Å². The number of aliphatic hydroxyl groups excluding tert-OH is 1. The van der Waals surface area contributed by atoms with E-state index in [1.54, 1.807) is 12.1 Å². The Morgan fingerprint density at radius 2 is 2.32 bits per heavy atom. The van der Waals surface area contributed by atoms with Gasteiger partial charge in [-0.15, -0.1) is 0 Å². The third-order valence-corrected chi connectivity index (χ3v) is 3.30. The second-order valence-corrected chi connectivity index (χ2v) is 4.63. The molecule has 0 bridgehead atoms. The lowest BCUT2D eigenvalue weighted by molar-refractivity contribution is 0.0864. The molecule has 2 aromatic heterocycles. The second-order valence-electron chi connectivity index (χ2n) is 4.63. The van der Waals surface area contributed by atoms with Gasteiger partial charge in [-0.05, 0) is 31.4 Å². The van der Waals surface area contributed by atoms with E-state index in [1.165, 1.54) is 12.3 Å². The molecule has 1 amide bonds. The van der Waals surface area contributed by atoms with Crippen molar-refractivity contribution in [3.8, 4) is 11.5 Å². The smallest absolute Gasteiger partial charge is 0.273 e. The van der Waals surface area contributed by atoms with Crippen LogP contribution < -0.4 is 5.32 Å². The fourth-order valence-electron chi connectivity index (χ4n) is 2.27. The van der Waals surface area contributed by atoms with Gasteiger partial charge in [-0.25, -0.2) is 0 Å². The Hall–Kier alpha value is -2.08. The minimum absolute atomic E-state index is 0.186. The molecule has 6 nitrogen and oxygen atoms in total. The van der Waals surface area contributed by atoms with Crippen molar-refractivity contribution in [2.45, 2.75) is 31.4 Å². The van der Waals surface area contributed by atoms with Crippen molar-refractivity contribution in [1.29, 1.82) is 0 Å². The zero-order chi connectivity index (χ0) is 13.2. The summed E-state index contributed by atoms with van der Waals surface area (Å²) in [6.07, 6.45) is 3.48. The van der Waals surface area contributed by atoms with Crippen molar-refractivity contribution in [2.24, 2.45) is 0 Å². The van der Waals surface area contributed by atoms with Gasteiger partial charge in [0.05, 0.1) is 18.4 Å². The summed E-state index contributed by atoms with van der Waals surface area (Å²) in [5.74, 6) is 0.585. The first-order chi connectivity index (χ1) is 9.24. The summed E-state index contributed by atoms with van der Waals surface area (Å²) in [6.45, 7) is 0. The highest BCUT2D eigenvalue weighted by atomic mass is 16.5. The molecule has 1 aliphatic rings. The van der Waals surface area contributed by atoms with Crippen molar-refractivity contribution >= 4 is 5.91 Å². The first kappa shape index (κ1) is 12.0. The van der Waals surface area contributed by atoms with Gasteiger partial charge in [-0.2, -0.15) is 0 Å². The van der Waals surface area contributed by atoms with Crippen LogP contribution in [-0.4, -0.2) is 28.3 Å². The molecule has 2 aromatic rings. The lowest BCUT2D eigenvalue weighted by atomic mass is 10.2. The quantitative estimate of drug-likeness (QED) is 0.876. The molecule has 0 aliphatic heterocycles. The summed E-state index contributed by atoms with van der Waals surface area (Å²) < 4.78 is 10.2. The normalized spacial score (nSPS) is 22.6. The summed E-state index contributed by atoms with van der Waals surface area (Å²) in [5, 5.41) is 16.1. The molecular weight excluding hydrogens is 248 g/mol. The predicted octanol–water partition coefficient (Wildman–Crippen LogP) is 1.58. The molecule has 2 atom stereocenters. The predicted molar refractivity (Wildman–Crippen MR) is 65.3 cm³/mol. The monoisotopic (exact) mass is 262 g/mol. The van der Waals surface area contributed by atoms with Gasteiger partial charge in [0, 0.05) is 6.07 Å². The Bertz CT molecular complexity index is 561. The molecule has 1 aliphatic carbocycles. The van der Waals surface area contributed by atoms with E-state index < -0.39 is 6.10 Å². The number of aliphatic hydroxyl groups is 1. The van der Waals surface area contributed by atoms with Crippen molar-refractivity contribution < 1.29 is 18.8 Å². The molecule has 2 N–H and O–H groups in total. The van der Waals surface area contributed by atoms with Crippen LogP contribution in [0.3, 0.4) is 0 Å². The number of hydrogen-bond acceptors (Lipinski definition) is 5. The number of rotatable bonds is 3. The highest BCUT2D eigenvalue weighted by Crippen LogP contribution is 2.22. The molecule has 2 heterocycles. The number of carbonyl (C=O) groups is 1. The molecule has 1 saturated carbocycles. The van der Waals surface area contributed by atoms with Gasteiger partial charge >= 0.3 is 0 Å². The van der Waals surface area contributed by atoms with Crippen LogP contribution in [-0.2, 0) is 0 Å². The van der Waals surface area contributed by atoms with Crippen molar-refractivity contribution in [1.82, 2.24) is 10.5 Å². The molecule has 1 fully saturated rings. The number of nitrogens with zero attached hydrogens (tertiary/aromatic N) is 1. The maximum absolute atomic E-state index is 12.0. The van der Waals surface area contributed by atoms with Crippen LogP contribution in [0.5, 0.6) is 0 Å². The summed E-state index contributed by atoms with van der Waals surface area (Å²) in [5.41, 5.74) is 0.186. The number of carbonyl (C=O) groups excluding carboxylic acids is 1. The molecule has 0 radical (unpaired) electrons. The van der Waals surface area contributed by atoms with E-state index in [-0.39, 0.29) is 17.6 Å². The minimum Gasteiger partial charge on any atom is -0.461 e. The molecule has 19 heavy (non-hydrogen) atoms. The van der Waals surface area contributed by atoms with Gasteiger partial charge in [0.25, 0.3) is 5.91 Å². The number of hydrogen-bond donors (Lipinski definition) is 2. The van der Waals surface area contributed by atoms with Gasteiger partial charge < -0.3 is 19.4 Å². The summed E-state index contributed by atoms with van der Waals surface area (Å²) in [4.78, 5) is 12.0. The van der Waals surface area contributed by atoms with E-state index in [4.69, 9.17) is 8.94 Å². The fraction of sp³-hybridized carbons (Fsp3) is 0.385. The van der Waals surface area contributed by atoms with Gasteiger partial charge in [0.2, 0.25) is 5.76 Å². The molecule has 6 heteroatoms. The van der Waals surface area contributed by atoms with Crippen LogP contribution in [0.25, 0.3) is 11.5 Å². The Morgan fingerprint density at radius 1 is 1.42 bits per heavy atom. The van der Waals surface area contributed by atoms with Crippen LogP contribution in [0.15, 0.2) is 33.4 Å². The van der Waals surface area contributed by atoms with E-state index in [0.29, 0.717) is 11.5 Å². The van der Waals surface area contributed by atoms with E-state index in [9.17, 15) is 9.90 Å². The molecule has 0 aromatic carbocycles. The lowest BCUT2D eigenvalue weighted by Crippen LogP contribution is -2.39. The maximum atomic E-state index is 12.0. The van der Waals surface area contributed by atoms with Crippen LogP contribution in [0.1, 0.15) is 29.8 Å². The van der Waals surface area contributed by atoms with E-state index in [0.717, 1.165) is 19.3 Å².